The number of aromatic nitrogens is 3. The first kappa shape index (κ1) is 23.2. The van der Waals surface area contributed by atoms with Gasteiger partial charge in [0, 0.05) is 10.7 Å². The summed E-state index contributed by atoms with van der Waals surface area (Å²) in [7, 11) is 0. The van der Waals surface area contributed by atoms with Crippen LogP contribution in [0.5, 0.6) is 0 Å². The summed E-state index contributed by atoms with van der Waals surface area (Å²) in [6.07, 6.45) is 3.99. The lowest BCUT2D eigenvalue weighted by Crippen LogP contribution is -2.55. The number of carbonyl (C=O) groups excluding carboxylic acids is 1. The third-order valence-corrected chi connectivity index (χ3v) is 5.01. The fourth-order valence-electron chi connectivity index (χ4n) is 3.18. The summed E-state index contributed by atoms with van der Waals surface area (Å²) in [5.41, 5.74) is -0.292. The molecule has 0 saturated heterocycles. The van der Waals surface area contributed by atoms with Crippen molar-refractivity contribution in [3.63, 3.8) is 0 Å². The molecule has 160 valence electrons. The zero-order chi connectivity index (χ0) is 22.4. The maximum atomic E-state index is 12.8. The van der Waals surface area contributed by atoms with E-state index >= 15 is 0 Å². The van der Waals surface area contributed by atoms with Crippen LogP contribution < -0.4 is 22.4 Å². The minimum atomic E-state index is -0.877. The molecule has 0 aliphatic heterocycles. The minimum absolute atomic E-state index is 0.0923. The number of carbonyl (C=O) groups is 1. The lowest BCUT2D eigenvalue weighted by Gasteiger charge is -2.17. The van der Waals surface area contributed by atoms with Crippen LogP contribution in [0.25, 0.3) is 0 Å². The topological polar surface area (TPSA) is 95.1 Å². The first-order valence-corrected chi connectivity index (χ1v) is 9.94. The third-order valence-electron chi connectivity index (χ3n) is 4.65. The first-order valence-electron chi connectivity index (χ1n) is 9.56. The van der Waals surface area contributed by atoms with Crippen LogP contribution in [0.1, 0.15) is 25.0 Å². The molecule has 0 spiro atoms. The molecule has 0 saturated carbocycles. The van der Waals surface area contributed by atoms with E-state index in [4.69, 9.17) is 11.6 Å². The van der Waals surface area contributed by atoms with Crippen molar-refractivity contribution in [3.8, 4) is 0 Å². The number of halogens is 1. The summed E-state index contributed by atoms with van der Waals surface area (Å²) in [5.74, 6) is -0.574. The molecule has 0 atom stereocenters. The van der Waals surface area contributed by atoms with Crippen molar-refractivity contribution in [3.05, 3.63) is 85.0 Å². The number of benzene rings is 1. The van der Waals surface area contributed by atoms with E-state index in [1.807, 2.05) is 19.9 Å². The number of hydrogen-bond acceptors (Lipinski definition) is 4. The molecule has 9 heteroatoms. The zero-order valence-electron chi connectivity index (χ0n) is 17.1. The molecule has 0 bridgehead atoms. The largest absolute Gasteiger partial charge is 0.337 e. The number of nitrogens with one attached hydrogen (secondary N) is 1. The van der Waals surface area contributed by atoms with E-state index in [1.54, 1.807) is 6.07 Å². The first-order chi connectivity index (χ1) is 14.3. The van der Waals surface area contributed by atoms with E-state index in [9.17, 15) is 19.2 Å². The number of amides is 1. The summed E-state index contributed by atoms with van der Waals surface area (Å²) in [6.45, 7) is 10.2. The molecular formula is C21H25ClN4O4. The molecule has 0 aliphatic rings. The molecule has 8 nitrogen and oxygen atoms in total. The Balaban J connectivity index is 2.53. The van der Waals surface area contributed by atoms with Crippen molar-refractivity contribution >= 4 is 23.2 Å². The van der Waals surface area contributed by atoms with Crippen LogP contribution >= 0.6 is 11.6 Å². The molecule has 1 aromatic carbocycles. The van der Waals surface area contributed by atoms with Gasteiger partial charge < -0.3 is 5.32 Å². The SMILES string of the molecule is C=CCn1c(=O)n(CC=C)c(=O)n(CC(=O)Nc2c(CC)ccc(Cl)c2CC)c1=O. The van der Waals surface area contributed by atoms with E-state index in [2.05, 4.69) is 18.5 Å². The average molecular weight is 433 g/mol. The monoisotopic (exact) mass is 432 g/mol. The van der Waals surface area contributed by atoms with E-state index in [-0.39, 0.29) is 13.1 Å². The van der Waals surface area contributed by atoms with E-state index in [0.717, 1.165) is 24.8 Å². The maximum Gasteiger partial charge on any atom is 0.337 e. The van der Waals surface area contributed by atoms with Crippen molar-refractivity contribution in [1.82, 2.24) is 13.7 Å². The summed E-state index contributed by atoms with van der Waals surface area (Å²) in [5, 5.41) is 3.31. The van der Waals surface area contributed by atoms with Gasteiger partial charge in [-0.3, -0.25) is 4.79 Å². The molecule has 2 aromatic rings. The number of aryl methyl sites for hydroxylation is 1. The summed E-state index contributed by atoms with van der Waals surface area (Å²) in [6, 6.07) is 3.60. The Kier molecular flexibility index (Phi) is 7.77. The van der Waals surface area contributed by atoms with Crippen LogP contribution in [-0.2, 0) is 37.3 Å². The normalized spacial score (nSPS) is 10.6. The van der Waals surface area contributed by atoms with Crippen molar-refractivity contribution in [2.24, 2.45) is 0 Å². The smallest absolute Gasteiger partial charge is 0.324 e. The second kappa shape index (κ2) is 10.1. The van der Waals surface area contributed by atoms with Gasteiger partial charge in [-0.2, -0.15) is 0 Å². The molecule has 0 radical (unpaired) electrons. The number of hydrogen-bond donors (Lipinski definition) is 1. The molecule has 0 unspecified atom stereocenters. The summed E-state index contributed by atoms with van der Waals surface area (Å²) < 4.78 is 2.42. The second-order valence-electron chi connectivity index (χ2n) is 6.55. The van der Waals surface area contributed by atoms with Crippen LogP contribution in [0.15, 0.2) is 51.8 Å². The van der Waals surface area contributed by atoms with Crippen LogP contribution in [-0.4, -0.2) is 19.6 Å². The van der Waals surface area contributed by atoms with Crippen molar-refractivity contribution in [1.29, 1.82) is 0 Å². The molecule has 2 rings (SSSR count). The molecule has 0 fully saturated rings. The van der Waals surface area contributed by atoms with Gasteiger partial charge in [0.2, 0.25) is 5.91 Å². The van der Waals surface area contributed by atoms with Crippen LogP contribution in [0.4, 0.5) is 5.69 Å². The molecule has 30 heavy (non-hydrogen) atoms. The Hall–Kier alpha value is -3.13. The molecule has 1 amide bonds. The Bertz CT molecular complexity index is 1110. The fourth-order valence-corrected chi connectivity index (χ4v) is 3.47. The Labute approximate surface area is 178 Å². The quantitative estimate of drug-likeness (QED) is 0.613. The lowest BCUT2D eigenvalue weighted by molar-refractivity contribution is -0.116. The lowest BCUT2D eigenvalue weighted by atomic mass is 10.0. The summed E-state index contributed by atoms with van der Waals surface area (Å²) >= 11 is 6.26. The summed E-state index contributed by atoms with van der Waals surface area (Å²) in [4.78, 5) is 50.6. The van der Waals surface area contributed by atoms with E-state index in [1.165, 1.54) is 12.2 Å². The van der Waals surface area contributed by atoms with E-state index in [0.29, 0.717) is 23.6 Å². The second-order valence-corrected chi connectivity index (χ2v) is 6.95. The molecule has 1 heterocycles. The van der Waals surface area contributed by atoms with Crippen molar-refractivity contribution in [2.45, 2.75) is 46.3 Å². The standard InChI is InChI=1S/C21H25ClN4O4/c1-5-11-24-19(28)25(12-6-2)21(30)26(20(24)29)13-17(27)23-18-14(7-3)9-10-16(22)15(18)8-4/h5-6,9-10H,1-2,7-8,11-13H2,3-4H3,(H,23,27). The molecular weight excluding hydrogens is 408 g/mol. The van der Waals surface area contributed by atoms with Gasteiger partial charge in [-0.25, -0.2) is 28.1 Å². The predicted octanol–water partition coefficient (Wildman–Crippen LogP) is 1.96. The Morgan fingerprint density at radius 3 is 1.97 bits per heavy atom. The Morgan fingerprint density at radius 1 is 0.967 bits per heavy atom. The highest BCUT2D eigenvalue weighted by molar-refractivity contribution is 6.32. The van der Waals surface area contributed by atoms with Crippen LogP contribution in [0.2, 0.25) is 5.02 Å². The molecule has 1 N–H and O–H groups in total. The van der Waals surface area contributed by atoms with Gasteiger partial charge in [0.05, 0.1) is 13.1 Å². The minimum Gasteiger partial charge on any atom is -0.324 e. The average Bonchev–Trinajstić information content (AvgIpc) is 2.72. The Morgan fingerprint density at radius 2 is 1.50 bits per heavy atom. The fraction of sp³-hybridized carbons (Fsp3) is 0.333. The number of allylic oxidation sites excluding steroid dienone is 2. The van der Waals surface area contributed by atoms with Crippen molar-refractivity contribution in [2.75, 3.05) is 5.32 Å². The highest BCUT2D eigenvalue weighted by Gasteiger charge is 2.18. The van der Waals surface area contributed by atoms with Gasteiger partial charge >= 0.3 is 17.1 Å². The maximum absolute atomic E-state index is 12.8. The van der Waals surface area contributed by atoms with Gasteiger partial charge in [0.15, 0.2) is 0 Å². The highest BCUT2D eigenvalue weighted by Crippen LogP contribution is 2.29. The van der Waals surface area contributed by atoms with Gasteiger partial charge in [-0.1, -0.05) is 43.7 Å². The van der Waals surface area contributed by atoms with Gasteiger partial charge in [-0.05, 0) is 30.0 Å². The molecule has 0 aliphatic carbocycles. The molecule has 1 aromatic heterocycles. The predicted molar refractivity (Wildman–Crippen MR) is 118 cm³/mol. The van der Waals surface area contributed by atoms with Gasteiger partial charge in [0.1, 0.15) is 6.54 Å². The third kappa shape index (κ3) is 4.54. The van der Waals surface area contributed by atoms with Crippen molar-refractivity contribution < 1.29 is 4.79 Å². The number of nitrogens with zero attached hydrogens (tertiary/aromatic N) is 3. The van der Waals surface area contributed by atoms with Crippen LogP contribution in [0, 0.1) is 0 Å². The highest BCUT2D eigenvalue weighted by atomic mass is 35.5. The van der Waals surface area contributed by atoms with E-state index < -0.39 is 29.5 Å². The zero-order valence-corrected chi connectivity index (χ0v) is 17.9. The van der Waals surface area contributed by atoms with Gasteiger partial charge in [-0.15, -0.1) is 13.2 Å². The van der Waals surface area contributed by atoms with Gasteiger partial charge in [0.25, 0.3) is 0 Å². The number of rotatable bonds is 9. The number of anilines is 1. The van der Waals surface area contributed by atoms with Crippen LogP contribution in [0.3, 0.4) is 0 Å².